The molecule has 13 heavy (non-hydrogen) atoms. The molecular weight excluding hydrogens is 187 g/mol. The van der Waals surface area contributed by atoms with Crippen LogP contribution in [-0.2, 0) is 4.74 Å². The average molecular weight is 202 g/mol. The van der Waals surface area contributed by atoms with Gasteiger partial charge in [-0.25, -0.2) is 0 Å². The van der Waals surface area contributed by atoms with Gasteiger partial charge in [-0.1, -0.05) is 0 Å². The molecule has 1 spiro atoms. The Morgan fingerprint density at radius 1 is 1.46 bits per heavy atom. The Balaban J connectivity index is 1.98. The lowest BCUT2D eigenvalue weighted by Gasteiger charge is -2.37. The number of hydrogen-bond acceptors (Lipinski definition) is 4. The molecule has 0 aromatic heterocycles. The molecule has 0 amide bonds. The summed E-state index contributed by atoms with van der Waals surface area (Å²) in [6.07, 6.45) is 2.67. The van der Waals surface area contributed by atoms with Gasteiger partial charge in [0.25, 0.3) is 0 Å². The van der Waals surface area contributed by atoms with E-state index in [9.17, 15) is 0 Å². The zero-order valence-corrected chi connectivity index (χ0v) is 8.42. The van der Waals surface area contributed by atoms with Crippen LogP contribution in [0.1, 0.15) is 19.3 Å². The SMILES string of the molecule is OB(O)C1CCOC2(CCSC2)C1. The molecule has 2 N–H and O–H groups in total. The first-order valence-corrected chi connectivity index (χ1v) is 5.95. The fraction of sp³-hybridized carbons (Fsp3) is 1.00. The Morgan fingerprint density at radius 3 is 2.92 bits per heavy atom. The van der Waals surface area contributed by atoms with E-state index in [1.807, 2.05) is 11.8 Å². The Labute approximate surface area is 83.0 Å². The summed E-state index contributed by atoms with van der Waals surface area (Å²) in [5, 5.41) is 18.2. The van der Waals surface area contributed by atoms with E-state index < -0.39 is 7.12 Å². The lowest BCUT2D eigenvalue weighted by molar-refractivity contribution is -0.0616. The highest BCUT2D eigenvalue weighted by Crippen LogP contribution is 2.42. The van der Waals surface area contributed by atoms with Crippen molar-refractivity contribution >= 4 is 18.9 Å². The Kier molecular flexibility index (Phi) is 2.88. The van der Waals surface area contributed by atoms with E-state index in [0.717, 1.165) is 30.8 Å². The highest BCUT2D eigenvalue weighted by atomic mass is 32.2. The quantitative estimate of drug-likeness (QED) is 0.608. The van der Waals surface area contributed by atoms with Gasteiger partial charge in [-0.15, -0.1) is 0 Å². The molecule has 5 heteroatoms. The van der Waals surface area contributed by atoms with Gasteiger partial charge in [0.15, 0.2) is 0 Å². The molecule has 2 atom stereocenters. The van der Waals surface area contributed by atoms with Gasteiger partial charge >= 0.3 is 7.12 Å². The third kappa shape index (κ3) is 2.04. The van der Waals surface area contributed by atoms with Gasteiger partial charge < -0.3 is 14.8 Å². The molecule has 2 fully saturated rings. The van der Waals surface area contributed by atoms with E-state index in [1.54, 1.807) is 0 Å². The predicted octanol–water partition coefficient (Wildman–Crippen LogP) is 0.515. The summed E-state index contributed by atoms with van der Waals surface area (Å²) < 4.78 is 5.76. The molecule has 0 aliphatic carbocycles. The largest absolute Gasteiger partial charge is 0.454 e. The number of hydrogen-bond donors (Lipinski definition) is 2. The second kappa shape index (κ2) is 3.81. The summed E-state index contributed by atoms with van der Waals surface area (Å²) in [7, 11) is -1.16. The van der Waals surface area contributed by atoms with Crippen LogP contribution < -0.4 is 0 Å². The molecule has 2 rings (SSSR count). The fourth-order valence-electron chi connectivity index (χ4n) is 2.18. The fourth-order valence-corrected chi connectivity index (χ4v) is 3.56. The van der Waals surface area contributed by atoms with Gasteiger partial charge in [-0.05, 0) is 30.8 Å². The van der Waals surface area contributed by atoms with E-state index in [4.69, 9.17) is 14.8 Å². The summed E-state index contributed by atoms with van der Waals surface area (Å²) in [6, 6.07) is 0. The van der Waals surface area contributed by atoms with Crippen molar-refractivity contribution in [3.63, 3.8) is 0 Å². The molecule has 2 unspecified atom stereocenters. The van der Waals surface area contributed by atoms with Gasteiger partial charge in [0, 0.05) is 12.4 Å². The van der Waals surface area contributed by atoms with Crippen molar-refractivity contribution in [3.8, 4) is 0 Å². The van der Waals surface area contributed by atoms with E-state index in [0.29, 0.717) is 6.61 Å². The van der Waals surface area contributed by atoms with Crippen molar-refractivity contribution in [2.24, 2.45) is 0 Å². The summed E-state index contributed by atoms with van der Waals surface area (Å²) >= 11 is 1.90. The Bertz CT molecular complexity index is 182. The standard InChI is InChI=1S/C8H15BO3S/c10-9(11)7-1-3-12-8(5-7)2-4-13-6-8/h7,10-11H,1-6H2. The lowest BCUT2D eigenvalue weighted by Crippen LogP contribution is -2.42. The lowest BCUT2D eigenvalue weighted by atomic mass is 9.64. The van der Waals surface area contributed by atoms with E-state index in [1.165, 1.54) is 0 Å². The first-order valence-electron chi connectivity index (χ1n) is 4.80. The summed E-state index contributed by atoms with van der Waals surface area (Å²) in [4.78, 5) is 0. The van der Waals surface area contributed by atoms with Crippen LogP contribution >= 0.6 is 11.8 Å². The first-order chi connectivity index (χ1) is 6.22. The maximum atomic E-state index is 9.11. The monoisotopic (exact) mass is 202 g/mol. The maximum absolute atomic E-state index is 9.11. The molecule has 2 saturated heterocycles. The third-order valence-electron chi connectivity index (χ3n) is 3.02. The molecule has 0 radical (unpaired) electrons. The number of rotatable bonds is 1. The van der Waals surface area contributed by atoms with Gasteiger partial charge in [0.1, 0.15) is 0 Å². The van der Waals surface area contributed by atoms with Crippen molar-refractivity contribution in [2.45, 2.75) is 30.7 Å². The normalized spacial score (nSPS) is 39.7. The minimum absolute atomic E-state index is 0.0208. The summed E-state index contributed by atoms with van der Waals surface area (Å²) in [5.41, 5.74) is -0.0305. The molecule has 74 valence electrons. The second-order valence-electron chi connectivity index (χ2n) is 4.00. The van der Waals surface area contributed by atoms with Crippen molar-refractivity contribution in [1.82, 2.24) is 0 Å². The van der Waals surface area contributed by atoms with Crippen LogP contribution in [-0.4, -0.2) is 40.9 Å². The minimum atomic E-state index is -1.16. The topological polar surface area (TPSA) is 49.7 Å². The van der Waals surface area contributed by atoms with E-state index in [-0.39, 0.29) is 11.4 Å². The third-order valence-corrected chi connectivity index (χ3v) is 4.24. The van der Waals surface area contributed by atoms with Crippen LogP contribution in [0.2, 0.25) is 5.82 Å². The van der Waals surface area contributed by atoms with E-state index >= 15 is 0 Å². The van der Waals surface area contributed by atoms with Gasteiger partial charge in [0.2, 0.25) is 0 Å². The van der Waals surface area contributed by atoms with Crippen molar-refractivity contribution in [3.05, 3.63) is 0 Å². The molecule has 2 aliphatic rings. The van der Waals surface area contributed by atoms with Gasteiger partial charge in [-0.3, -0.25) is 0 Å². The summed E-state index contributed by atoms with van der Waals surface area (Å²) in [5.74, 6) is 2.19. The predicted molar refractivity (Wildman–Crippen MR) is 53.8 cm³/mol. The molecule has 2 aliphatic heterocycles. The number of thioether (sulfide) groups is 1. The smallest absolute Gasteiger partial charge is 0.427 e. The maximum Gasteiger partial charge on any atom is 0.454 e. The Hall–Kier alpha value is 0.295. The van der Waals surface area contributed by atoms with E-state index in [2.05, 4.69) is 0 Å². The molecule has 0 bridgehead atoms. The minimum Gasteiger partial charge on any atom is -0.427 e. The van der Waals surface area contributed by atoms with Crippen molar-refractivity contribution in [1.29, 1.82) is 0 Å². The zero-order valence-electron chi connectivity index (χ0n) is 7.61. The molecule has 0 aromatic carbocycles. The first kappa shape index (κ1) is 9.83. The van der Waals surface area contributed by atoms with Crippen molar-refractivity contribution < 1.29 is 14.8 Å². The molecule has 0 saturated carbocycles. The summed E-state index contributed by atoms with van der Waals surface area (Å²) in [6.45, 7) is 0.683. The molecule has 3 nitrogen and oxygen atoms in total. The highest BCUT2D eigenvalue weighted by Gasteiger charge is 2.43. The zero-order chi connectivity index (χ0) is 9.31. The molecule has 0 aromatic rings. The second-order valence-corrected chi connectivity index (χ2v) is 5.11. The highest BCUT2D eigenvalue weighted by molar-refractivity contribution is 7.99. The van der Waals surface area contributed by atoms with Crippen LogP contribution in [0.4, 0.5) is 0 Å². The van der Waals surface area contributed by atoms with Crippen LogP contribution in [0.15, 0.2) is 0 Å². The van der Waals surface area contributed by atoms with Gasteiger partial charge in [-0.2, -0.15) is 11.8 Å². The number of ether oxygens (including phenoxy) is 1. The Morgan fingerprint density at radius 2 is 2.31 bits per heavy atom. The van der Waals surface area contributed by atoms with Crippen LogP contribution in [0.25, 0.3) is 0 Å². The van der Waals surface area contributed by atoms with Crippen LogP contribution in [0, 0.1) is 0 Å². The average Bonchev–Trinajstić information content (AvgIpc) is 2.53. The van der Waals surface area contributed by atoms with Gasteiger partial charge in [0.05, 0.1) is 5.60 Å². The van der Waals surface area contributed by atoms with Crippen LogP contribution in [0.3, 0.4) is 0 Å². The molecule has 2 heterocycles. The molecular formula is C8H15BO3S. The van der Waals surface area contributed by atoms with Crippen LogP contribution in [0.5, 0.6) is 0 Å². The van der Waals surface area contributed by atoms with Crippen molar-refractivity contribution in [2.75, 3.05) is 18.1 Å².